The summed E-state index contributed by atoms with van der Waals surface area (Å²) in [4.78, 5) is 15.0. The van der Waals surface area contributed by atoms with E-state index in [4.69, 9.17) is 11.0 Å². The molecule has 2 N–H and O–H groups in total. The molecule has 0 aliphatic carbocycles. The first-order valence-electron chi connectivity index (χ1n) is 8.89. The van der Waals surface area contributed by atoms with Crippen LogP contribution in [0.2, 0.25) is 0 Å². The molecule has 0 amide bonds. The number of nitrogens with two attached hydrogens (primary N) is 1. The van der Waals surface area contributed by atoms with Gasteiger partial charge in [0, 0.05) is 36.9 Å². The Morgan fingerprint density at radius 3 is 2.71 bits per heavy atom. The predicted octanol–water partition coefficient (Wildman–Crippen LogP) is 2.37. The highest BCUT2D eigenvalue weighted by atomic mass is 15.3. The van der Waals surface area contributed by atoms with Crippen molar-refractivity contribution < 1.29 is 0 Å². The summed E-state index contributed by atoms with van der Waals surface area (Å²) in [5.74, 6) is 0. The summed E-state index contributed by atoms with van der Waals surface area (Å²) < 4.78 is 2.07. The monoisotopic (exact) mass is 369 g/mol. The van der Waals surface area contributed by atoms with Crippen molar-refractivity contribution in [2.45, 2.75) is 19.4 Å². The summed E-state index contributed by atoms with van der Waals surface area (Å²) in [7, 11) is 0. The second kappa shape index (κ2) is 7.86. The van der Waals surface area contributed by atoms with Gasteiger partial charge in [0.15, 0.2) is 6.29 Å². The fourth-order valence-electron chi connectivity index (χ4n) is 3.03. The zero-order valence-electron chi connectivity index (χ0n) is 15.2. The zero-order valence-corrected chi connectivity index (χ0v) is 15.2. The van der Waals surface area contributed by atoms with Crippen molar-refractivity contribution in [1.82, 2.24) is 19.4 Å². The minimum Gasteiger partial charge on any atom is -0.338 e. The maximum absolute atomic E-state index is 8.94. The van der Waals surface area contributed by atoms with E-state index in [1.807, 2.05) is 59.8 Å². The van der Waals surface area contributed by atoms with Crippen LogP contribution in [0.4, 0.5) is 0 Å². The number of imidazole rings is 1. The summed E-state index contributed by atoms with van der Waals surface area (Å²) in [5, 5.41) is 8.94. The van der Waals surface area contributed by atoms with Gasteiger partial charge in [-0.15, -0.1) is 0 Å². The van der Waals surface area contributed by atoms with Crippen LogP contribution in [-0.4, -0.2) is 31.9 Å². The van der Waals surface area contributed by atoms with E-state index in [-0.39, 0.29) is 0 Å². The minimum absolute atomic E-state index is 0.453. The molecule has 0 spiro atoms. The van der Waals surface area contributed by atoms with Crippen LogP contribution >= 0.6 is 0 Å². The Labute approximate surface area is 163 Å². The van der Waals surface area contributed by atoms with Crippen molar-refractivity contribution >= 4 is 11.8 Å². The average molecular weight is 369 g/mol. The number of pyridine rings is 1. The van der Waals surface area contributed by atoms with Gasteiger partial charge in [0.2, 0.25) is 0 Å². The molecule has 0 saturated heterocycles. The van der Waals surface area contributed by atoms with Crippen LogP contribution in [-0.2, 0) is 13.1 Å². The quantitative estimate of drug-likeness (QED) is 0.745. The average Bonchev–Trinajstić information content (AvgIpc) is 3.17. The molecule has 3 heterocycles. The van der Waals surface area contributed by atoms with E-state index in [1.165, 1.54) is 0 Å². The van der Waals surface area contributed by atoms with Crippen LogP contribution in [0.5, 0.6) is 0 Å². The lowest BCUT2D eigenvalue weighted by atomic mass is 10.1. The Morgan fingerprint density at radius 2 is 1.96 bits per heavy atom. The molecule has 1 unspecified atom stereocenters. The first-order valence-corrected chi connectivity index (χ1v) is 8.89. The van der Waals surface area contributed by atoms with Crippen molar-refractivity contribution in [2.75, 3.05) is 0 Å². The highest BCUT2D eigenvalue weighted by Crippen LogP contribution is 2.18. The molecular formula is C21H19N7. The summed E-state index contributed by atoms with van der Waals surface area (Å²) in [6, 6.07) is 15.5. The Hall–Kier alpha value is -3.76. The Kier molecular flexibility index (Phi) is 4.95. The molecule has 1 aliphatic rings. The van der Waals surface area contributed by atoms with E-state index in [0.29, 0.717) is 18.7 Å². The normalized spacial score (nSPS) is 15.9. The standard InChI is InChI=1S/C21H19N7/c22-9-16-4-6-17(7-5-16)12-28-15-24-11-19(28)14-27-13-18(10-26-21(27)23)20-3-1-2-8-25-20/h1-8,10-11,13,15,21H,12,14,23H2. The van der Waals surface area contributed by atoms with Crippen molar-refractivity contribution in [3.05, 3.63) is 89.9 Å². The molecule has 0 radical (unpaired) electrons. The second-order valence-electron chi connectivity index (χ2n) is 6.49. The Balaban J connectivity index is 1.53. The van der Waals surface area contributed by atoms with Crippen LogP contribution in [0.25, 0.3) is 5.57 Å². The molecule has 7 heteroatoms. The van der Waals surface area contributed by atoms with Gasteiger partial charge in [-0.3, -0.25) is 15.7 Å². The number of allylic oxidation sites excluding steroid dienone is 1. The molecule has 2 aromatic heterocycles. The summed E-state index contributed by atoms with van der Waals surface area (Å²) in [5.41, 5.74) is 10.7. The van der Waals surface area contributed by atoms with E-state index < -0.39 is 6.29 Å². The van der Waals surface area contributed by atoms with E-state index in [1.54, 1.807) is 18.7 Å². The van der Waals surface area contributed by atoms with Crippen molar-refractivity contribution in [3.63, 3.8) is 0 Å². The van der Waals surface area contributed by atoms with E-state index in [9.17, 15) is 0 Å². The largest absolute Gasteiger partial charge is 0.338 e. The van der Waals surface area contributed by atoms with Gasteiger partial charge in [-0.1, -0.05) is 18.2 Å². The molecule has 0 saturated carbocycles. The maximum atomic E-state index is 8.94. The molecule has 138 valence electrons. The predicted molar refractivity (Wildman–Crippen MR) is 107 cm³/mol. The Morgan fingerprint density at radius 1 is 1.11 bits per heavy atom. The number of nitriles is 1. The third-order valence-electron chi connectivity index (χ3n) is 4.55. The summed E-state index contributed by atoms with van der Waals surface area (Å²) in [6.45, 7) is 1.25. The van der Waals surface area contributed by atoms with Gasteiger partial charge >= 0.3 is 0 Å². The molecule has 4 rings (SSSR count). The minimum atomic E-state index is -0.453. The van der Waals surface area contributed by atoms with E-state index in [0.717, 1.165) is 22.5 Å². The Bertz CT molecular complexity index is 1040. The fraction of sp³-hybridized carbons (Fsp3) is 0.143. The number of aliphatic imine (C=N–C) groups is 1. The van der Waals surface area contributed by atoms with E-state index >= 15 is 0 Å². The lowest BCUT2D eigenvalue weighted by Crippen LogP contribution is -2.39. The van der Waals surface area contributed by atoms with Gasteiger partial charge in [0.1, 0.15) is 0 Å². The number of rotatable bonds is 5. The molecule has 1 atom stereocenters. The molecule has 28 heavy (non-hydrogen) atoms. The SMILES string of the molecule is N#Cc1ccc(Cn2cncc2CN2C=C(c3ccccn3)C=NC2N)cc1. The van der Waals surface area contributed by atoms with Crippen molar-refractivity contribution in [1.29, 1.82) is 5.26 Å². The first kappa shape index (κ1) is 17.6. The first-order chi connectivity index (χ1) is 13.7. The number of hydrogen-bond acceptors (Lipinski definition) is 6. The van der Waals surface area contributed by atoms with Gasteiger partial charge in [-0.25, -0.2) is 4.98 Å². The third kappa shape index (κ3) is 3.82. The fourth-order valence-corrected chi connectivity index (χ4v) is 3.03. The topological polar surface area (TPSA) is 96.1 Å². The van der Waals surface area contributed by atoms with Crippen LogP contribution in [0.15, 0.2) is 72.4 Å². The van der Waals surface area contributed by atoms with Gasteiger partial charge < -0.3 is 9.47 Å². The van der Waals surface area contributed by atoms with Gasteiger partial charge in [0.25, 0.3) is 0 Å². The van der Waals surface area contributed by atoms with Crippen LogP contribution < -0.4 is 5.73 Å². The number of hydrogen-bond donors (Lipinski definition) is 1. The second-order valence-corrected chi connectivity index (χ2v) is 6.49. The molecule has 3 aromatic rings. The lowest BCUT2D eigenvalue weighted by molar-refractivity contribution is 0.274. The van der Waals surface area contributed by atoms with Gasteiger partial charge in [-0.05, 0) is 29.8 Å². The third-order valence-corrected chi connectivity index (χ3v) is 4.55. The number of nitrogens with zero attached hydrogens (tertiary/aromatic N) is 6. The zero-order chi connectivity index (χ0) is 19.3. The van der Waals surface area contributed by atoms with Crippen LogP contribution in [0.1, 0.15) is 22.5 Å². The van der Waals surface area contributed by atoms with E-state index in [2.05, 4.69) is 25.6 Å². The lowest BCUT2D eigenvalue weighted by Gasteiger charge is -2.28. The van der Waals surface area contributed by atoms with Crippen LogP contribution in [0.3, 0.4) is 0 Å². The van der Waals surface area contributed by atoms with Crippen molar-refractivity contribution in [2.24, 2.45) is 10.7 Å². The number of benzene rings is 1. The molecule has 0 fully saturated rings. The molecule has 1 aliphatic heterocycles. The summed E-state index contributed by atoms with van der Waals surface area (Å²) >= 11 is 0. The molecule has 1 aromatic carbocycles. The molecule has 7 nitrogen and oxygen atoms in total. The van der Waals surface area contributed by atoms with Crippen LogP contribution in [0, 0.1) is 11.3 Å². The summed E-state index contributed by atoms with van der Waals surface area (Å²) in [6.07, 6.45) is 8.69. The molecule has 0 bridgehead atoms. The number of aromatic nitrogens is 3. The highest BCUT2D eigenvalue weighted by Gasteiger charge is 2.18. The molecular weight excluding hydrogens is 350 g/mol. The smallest absolute Gasteiger partial charge is 0.173 e. The highest BCUT2D eigenvalue weighted by molar-refractivity contribution is 6.09. The van der Waals surface area contributed by atoms with Gasteiger partial charge in [0.05, 0.1) is 35.9 Å². The maximum Gasteiger partial charge on any atom is 0.173 e. The van der Waals surface area contributed by atoms with Crippen molar-refractivity contribution in [3.8, 4) is 6.07 Å². The van der Waals surface area contributed by atoms with Gasteiger partial charge in [-0.2, -0.15) is 5.26 Å².